The van der Waals surface area contributed by atoms with Crippen LogP contribution in [0, 0.1) is 18.8 Å². The topological polar surface area (TPSA) is 57.3 Å². The van der Waals surface area contributed by atoms with Crippen molar-refractivity contribution in [1.82, 2.24) is 20.5 Å². The molecule has 1 aromatic heterocycles. The number of aromatic nitrogens is 1. The Balaban J connectivity index is 1.32. The molecular weight excluding hydrogens is 300 g/mol. The maximum Gasteiger partial charge on any atom is 0.315 e. The van der Waals surface area contributed by atoms with Crippen molar-refractivity contribution >= 4 is 6.03 Å². The van der Waals surface area contributed by atoms with Crippen molar-refractivity contribution < 1.29 is 4.79 Å². The first-order valence-electron chi connectivity index (χ1n) is 9.39. The Bertz CT molecular complexity index is 587. The molecule has 3 fully saturated rings. The third kappa shape index (κ3) is 3.41. The first-order valence-corrected chi connectivity index (χ1v) is 9.39. The SMILES string of the molecule is Cc1cccnc1CNC(=O)NC1C2CCCC1CN(C1CC1)C2. The summed E-state index contributed by atoms with van der Waals surface area (Å²) in [7, 11) is 0. The maximum absolute atomic E-state index is 12.4. The zero-order valence-electron chi connectivity index (χ0n) is 14.5. The van der Waals surface area contributed by atoms with Crippen LogP contribution in [0.3, 0.4) is 0 Å². The van der Waals surface area contributed by atoms with Gasteiger partial charge in [0.2, 0.25) is 0 Å². The second kappa shape index (κ2) is 6.71. The molecule has 130 valence electrons. The molecule has 2 bridgehead atoms. The number of urea groups is 1. The summed E-state index contributed by atoms with van der Waals surface area (Å²) in [5.74, 6) is 1.25. The number of carbonyl (C=O) groups excluding carboxylic acids is 1. The number of likely N-dealkylation sites (tertiary alicyclic amines) is 1. The minimum absolute atomic E-state index is 0.0400. The molecule has 24 heavy (non-hydrogen) atoms. The number of hydrogen-bond donors (Lipinski definition) is 2. The van der Waals surface area contributed by atoms with Gasteiger partial charge >= 0.3 is 6.03 Å². The van der Waals surface area contributed by atoms with E-state index < -0.39 is 0 Å². The molecule has 4 rings (SSSR count). The summed E-state index contributed by atoms with van der Waals surface area (Å²) in [6.45, 7) is 4.87. The van der Waals surface area contributed by atoms with Crippen molar-refractivity contribution in [3.05, 3.63) is 29.6 Å². The third-order valence-electron chi connectivity index (χ3n) is 6.00. The number of aryl methyl sites for hydroxylation is 1. The average molecular weight is 328 g/mol. The Morgan fingerprint density at radius 2 is 2.00 bits per heavy atom. The maximum atomic E-state index is 12.4. The summed E-state index contributed by atoms with van der Waals surface area (Å²) >= 11 is 0. The van der Waals surface area contributed by atoms with E-state index in [2.05, 4.69) is 20.5 Å². The zero-order valence-corrected chi connectivity index (χ0v) is 14.5. The molecule has 0 radical (unpaired) electrons. The third-order valence-corrected chi connectivity index (χ3v) is 6.00. The van der Waals surface area contributed by atoms with E-state index in [1.165, 1.54) is 45.2 Å². The smallest absolute Gasteiger partial charge is 0.315 e. The Hall–Kier alpha value is -1.62. The van der Waals surface area contributed by atoms with Gasteiger partial charge in [0, 0.05) is 31.4 Å². The zero-order chi connectivity index (χ0) is 16.5. The minimum Gasteiger partial charge on any atom is -0.335 e. The molecule has 1 aromatic rings. The standard InChI is InChI=1S/C19H28N4O/c1-13-4-3-9-20-17(13)10-21-19(24)22-18-14-5-2-6-15(18)12-23(11-14)16-7-8-16/h3-4,9,14-16,18H,2,5-8,10-12H2,1H3,(H2,21,22,24). The highest BCUT2D eigenvalue weighted by Crippen LogP contribution is 2.39. The number of nitrogens with one attached hydrogen (secondary N) is 2. The summed E-state index contributed by atoms with van der Waals surface area (Å²) in [4.78, 5) is 19.4. The van der Waals surface area contributed by atoms with E-state index >= 15 is 0 Å². The number of fused-ring (bicyclic) bond motifs is 2. The Morgan fingerprint density at radius 3 is 2.67 bits per heavy atom. The summed E-state index contributed by atoms with van der Waals surface area (Å²) in [6.07, 6.45) is 8.36. The molecule has 2 aliphatic carbocycles. The Kier molecular flexibility index (Phi) is 4.44. The molecule has 0 spiro atoms. The van der Waals surface area contributed by atoms with Crippen molar-refractivity contribution in [2.24, 2.45) is 11.8 Å². The van der Waals surface area contributed by atoms with Gasteiger partial charge in [-0.3, -0.25) is 9.88 Å². The van der Waals surface area contributed by atoms with Gasteiger partial charge in [0.05, 0.1) is 12.2 Å². The molecule has 2 atom stereocenters. The lowest BCUT2D eigenvalue weighted by molar-refractivity contribution is 0.0464. The molecule has 5 heteroatoms. The second-order valence-electron chi connectivity index (χ2n) is 7.76. The molecule has 2 heterocycles. The van der Waals surface area contributed by atoms with Gasteiger partial charge in [0.25, 0.3) is 0 Å². The van der Waals surface area contributed by atoms with Gasteiger partial charge in [-0.15, -0.1) is 0 Å². The van der Waals surface area contributed by atoms with Crippen molar-refractivity contribution in [1.29, 1.82) is 0 Å². The van der Waals surface area contributed by atoms with Crippen LogP contribution in [0.15, 0.2) is 18.3 Å². The summed E-state index contributed by atoms with van der Waals surface area (Å²) < 4.78 is 0. The highest BCUT2D eigenvalue weighted by atomic mass is 16.2. The number of nitrogens with zero attached hydrogens (tertiary/aromatic N) is 2. The summed E-state index contributed by atoms with van der Waals surface area (Å²) in [5, 5.41) is 6.28. The van der Waals surface area contributed by atoms with Crippen LogP contribution in [-0.4, -0.2) is 41.1 Å². The molecule has 3 aliphatic rings. The molecular formula is C19H28N4O. The fraction of sp³-hybridized carbons (Fsp3) is 0.684. The van der Waals surface area contributed by atoms with Crippen LogP contribution in [0.25, 0.3) is 0 Å². The predicted molar refractivity (Wildman–Crippen MR) is 93.6 cm³/mol. The Morgan fingerprint density at radius 1 is 1.25 bits per heavy atom. The molecule has 2 amide bonds. The lowest BCUT2D eigenvalue weighted by atomic mass is 9.73. The number of piperidine rings is 1. The lowest BCUT2D eigenvalue weighted by Crippen LogP contribution is -2.59. The molecule has 1 aliphatic heterocycles. The Labute approximate surface area is 144 Å². The fourth-order valence-electron chi connectivity index (χ4n) is 4.52. The first kappa shape index (κ1) is 15.9. The van der Waals surface area contributed by atoms with E-state index in [1.54, 1.807) is 6.20 Å². The normalized spacial score (nSPS) is 30.0. The molecule has 5 nitrogen and oxygen atoms in total. The molecule has 0 aromatic carbocycles. The van der Waals surface area contributed by atoms with Gasteiger partial charge in [-0.1, -0.05) is 12.5 Å². The van der Waals surface area contributed by atoms with Gasteiger partial charge < -0.3 is 10.6 Å². The van der Waals surface area contributed by atoms with Crippen LogP contribution >= 0.6 is 0 Å². The van der Waals surface area contributed by atoms with Gasteiger partial charge in [0.1, 0.15) is 0 Å². The van der Waals surface area contributed by atoms with Crippen molar-refractivity contribution in [2.45, 2.75) is 57.7 Å². The van der Waals surface area contributed by atoms with Gasteiger partial charge in [-0.25, -0.2) is 4.79 Å². The van der Waals surface area contributed by atoms with Gasteiger partial charge in [0.15, 0.2) is 0 Å². The number of rotatable bonds is 4. The number of carbonyl (C=O) groups is 1. The van der Waals surface area contributed by atoms with Crippen molar-refractivity contribution in [3.8, 4) is 0 Å². The molecule has 2 unspecified atom stereocenters. The van der Waals surface area contributed by atoms with E-state index in [0.29, 0.717) is 24.4 Å². The van der Waals surface area contributed by atoms with Crippen LogP contribution in [0.2, 0.25) is 0 Å². The monoisotopic (exact) mass is 328 g/mol. The quantitative estimate of drug-likeness (QED) is 0.892. The first-order chi connectivity index (χ1) is 11.7. The van der Waals surface area contributed by atoms with E-state index in [9.17, 15) is 4.79 Å². The van der Waals surface area contributed by atoms with Crippen molar-refractivity contribution in [2.75, 3.05) is 13.1 Å². The van der Waals surface area contributed by atoms with Gasteiger partial charge in [-0.2, -0.15) is 0 Å². The highest BCUT2D eigenvalue weighted by molar-refractivity contribution is 5.74. The fourth-order valence-corrected chi connectivity index (χ4v) is 4.52. The molecule has 2 N–H and O–H groups in total. The number of hydrogen-bond acceptors (Lipinski definition) is 3. The van der Waals surface area contributed by atoms with Crippen LogP contribution in [0.1, 0.15) is 43.4 Å². The van der Waals surface area contributed by atoms with Crippen LogP contribution in [0.5, 0.6) is 0 Å². The average Bonchev–Trinajstić information content (AvgIpc) is 3.39. The van der Waals surface area contributed by atoms with Crippen LogP contribution in [0.4, 0.5) is 4.79 Å². The van der Waals surface area contributed by atoms with E-state index in [1.807, 2.05) is 19.1 Å². The largest absolute Gasteiger partial charge is 0.335 e. The van der Waals surface area contributed by atoms with E-state index in [-0.39, 0.29) is 6.03 Å². The summed E-state index contributed by atoms with van der Waals surface area (Å²) in [5.41, 5.74) is 2.06. The number of pyridine rings is 1. The molecule has 1 saturated heterocycles. The molecule has 2 saturated carbocycles. The van der Waals surface area contributed by atoms with E-state index in [0.717, 1.165) is 17.3 Å². The summed E-state index contributed by atoms with van der Waals surface area (Å²) in [6, 6.07) is 5.10. The van der Waals surface area contributed by atoms with Crippen LogP contribution < -0.4 is 10.6 Å². The number of amides is 2. The predicted octanol–water partition coefficient (Wildman–Crippen LogP) is 2.45. The van der Waals surface area contributed by atoms with Gasteiger partial charge in [-0.05, 0) is 56.1 Å². The lowest BCUT2D eigenvalue weighted by Gasteiger charge is -2.47. The van der Waals surface area contributed by atoms with Crippen molar-refractivity contribution in [3.63, 3.8) is 0 Å². The minimum atomic E-state index is -0.0400. The second-order valence-corrected chi connectivity index (χ2v) is 7.76. The van der Waals surface area contributed by atoms with Crippen LogP contribution in [-0.2, 0) is 6.54 Å². The van der Waals surface area contributed by atoms with E-state index in [4.69, 9.17) is 0 Å². The highest BCUT2D eigenvalue weighted by Gasteiger charge is 2.43.